The Labute approximate surface area is 125 Å². The number of pyridine rings is 2. The van der Waals surface area contributed by atoms with Gasteiger partial charge in [-0.05, 0) is 29.7 Å². The molecule has 0 saturated carbocycles. The molecule has 1 aliphatic heterocycles. The molecule has 21 heavy (non-hydrogen) atoms. The van der Waals surface area contributed by atoms with Gasteiger partial charge in [0.2, 0.25) is 10.0 Å². The second-order valence-electron chi connectivity index (χ2n) is 5.90. The van der Waals surface area contributed by atoms with Crippen LogP contribution in [0.15, 0.2) is 24.4 Å². The number of hydrogen-bond acceptors (Lipinski definition) is 4. The molecule has 112 valence electrons. The number of sulfonamides is 1. The SMILES string of the molecule is CC(C)CS(=O)(=O)N1CCc2nc3ncccc3cc2C1. The Morgan fingerprint density at radius 3 is 2.95 bits per heavy atom. The molecule has 0 spiro atoms. The second kappa shape index (κ2) is 5.35. The molecular formula is C15H19N3O2S. The Balaban J connectivity index is 1.93. The third kappa shape index (κ3) is 2.91. The van der Waals surface area contributed by atoms with Crippen LogP contribution in [0.3, 0.4) is 0 Å². The van der Waals surface area contributed by atoms with E-state index in [0.717, 1.165) is 22.3 Å². The van der Waals surface area contributed by atoms with Crippen molar-refractivity contribution in [3.05, 3.63) is 35.7 Å². The second-order valence-corrected chi connectivity index (χ2v) is 7.91. The summed E-state index contributed by atoms with van der Waals surface area (Å²) in [5, 5.41) is 0.958. The molecule has 3 rings (SSSR count). The Morgan fingerprint density at radius 2 is 2.19 bits per heavy atom. The van der Waals surface area contributed by atoms with E-state index in [1.54, 1.807) is 10.5 Å². The lowest BCUT2D eigenvalue weighted by Crippen LogP contribution is -2.38. The first kappa shape index (κ1) is 14.4. The van der Waals surface area contributed by atoms with Gasteiger partial charge in [0.1, 0.15) is 0 Å². The first-order valence-corrected chi connectivity index (χ1v) is 8.78. The minimum Gasteiger partial charge on any atom is -0.237 e. The Hall–Kier alpha value is -1.53. The van der Waals surface area contributed by atoms with Crippen molar-refractivity contribution < 1.29 is 8.42 Å². The molecule has 5 nitrogen and oxygen atoms in total. The van der Waals surface area contributed by atoms with Crippen molar-refractivity contribution in [1.29, 1.82) is 0 Å². The summed E-state index contributed by atoms with van der Waals surface area (Å²) in [5.74, 6) is 0.334. The predicted octanol–water partition coefficient (Wildman–Crippen LogP) is 1.97. The minimum atomic E-state index is -3.19. The zero-order chi connectivity index (χ0) is 15.0. The van der Waals surface area contributed by atoms with Crippen LogP contribution in [0.2, 0.25) is 0 Å². The van der Waals surface area contributed by atoms with Crippen LogP contribution >= 0.6 is 0 Å². The van der Waals surface area contributed by atoms with Gasteiger partial charge in [0.15, 0.2) is 5.65 Å². The van der Waals surface area contributed by atoms with Crippen LogP contribution in [0, 0.1) is 5.92 Å². The van der Waals surface area contributed by atoms with Gasteiger partial charge in [0.25, 0.3) is 0 Å². The third-order valence-corrected chi connectivity index (χ3v) is 5.83. The zero-order valence-corrected chi connectivity index (χ0v) is 13.1. The molecule has 0 fully saturated rings. The molecule has 2 aromatic rings. The maximum atomic E-state index is 12.4. The molecule has 0 aromatic carbocycles. The highest BCUT2D eigenvalue weighted by molar-refractivity contribution is 7.89. The van der Waals surface area contributed by atoms with E-state index in [1.165, 1.54) is 0 Å². The van der Waals surface area contributed by atoms with Crippen LogP contribution in [-0.4, -0.2) is 35.0 Å². The summed E-state index contributed by atoms with van der Waals surface area (Å²) < 4.78 is 26.3. The van der Waals surface area contributed by atoms with Gasteiger partial charge < -0.3 is 0 Å². The van der Waals surface area contributed by atoms with Crippen LogP contribution in [0.4, 0.5) is 0 Å². The number of aromatic nitrogens is 2. The van der Waals surface area contributed by atoms with Crippen molar-refractivity contribution in [1.82, 2.24) is 14.3 Å². The van der Waals surface area contributed by atoms with E-state index in [9.17, 15) is 8.42 Å². The molecule has 0 N–H and O–H groups in total. The van der Waals surface area contributed by atoms with Crippen molar-refractivity contribution in [3.8, 4) is 0 Å². The lowest BCUT2D eigenvalue weighted by Gasteiger charge is -2.28. The highest BCUT2D eigenvalue weighted by atomic mass is 32.2. The molecule has 0 radical (unpaired) electrons. The molecule has 1 aliphatic rings. The van der Waals surface area contributed by atoms with Crippen molar-refractivity contribution in [2.75, 3.05) is 12.3 Å². The molecular weight excluding hydrogens is 286 g/mol. The molecule has 2 aromatic heterocycles. The Morgan fingerprint density at radius 1 is 1.38 bits per heavy atom. The topological polar surface area (TPSA) is 63.2 Å². The van der Waals surface area contributed by atoms with E-state index in [2.05, 4.69) is 9.97 Å². The van der Waals surface area contributed by atoms with Crippen LogP contribution in [0.1, 0.15) is 25.1 Å². The molecule has 6 heteroatoms. The van der Waals surface area contributed by atoms with Gasteiger partial charge in [-0.15, -0.1) is 0 Å². The van der Waals surface area contributed by atoms with Crippen molar-refractivity contribution in [2.24, 2.45) is 5.92 Å². The fourth-order valence-corrected chi connectivity index (χ4v) is 4.46. The first-order chi connectivity index (χ1) is 9.95. The normalized spacial score (nSPS) is 16.3. The van der Waals surface area contributed by atoms with Crippen LogP contribution in [-0.2, 0) is 23.0 Å². The van der Waals surface area contributed by atoms with Crippen molar-refractivity contribution >= 4 is 21.1 Å². The lowest BCUT2D eigenvalue weighted by atomic mass is 10.1. The monoisotopic (exact) mass is 305 g/mol. The fraction of sp³-hybridized carbons (Fsp3) is 0.467. The third-order valence-electron chi connectivity index (χ3n) is 3.64. The van der Waals surface area contributed by atoms with Gasteiger partial charge >= 0.3 is 0 Å². The molecule has 0 amide bonds. The average molecular weight is 305 g/mol. The number of hydrogen-bond donors (Lipinski definition) is 0. The number of nitrogens with zero attached hydrogens (tertiary/aromatic N) is 3. The van der Waals surface area contributed by atoms with E-state index in [0.29, 0.717) is 19.5 Å². The highest BCUT2D eigenvalue weighted by Gasteiger charge is 2.28. The van der Waals surface area contributed by atoms with Crippen molar-refractivity contribution in [3.63, 3.8) is 0 Å². The standard InChI is InChI=1S/C15H19N3O2S/c1-11(2)10-21(19,20)18-7-5-14-13(9-18)8-12-4-3-6-16-15(12)17-14/h3-4,6,8,11H,5,7,9-10H2,1-2H3. The van der Waals surface area contributed by atoms with Crippen LogP contribution < -0.4 is 0 Å². The summed E-state index contributed by atoms with van der Waals surface area (Å²) >= 11 is 0. The maximum absolute atomic E-state index is 12.4. The zero-order valence-electron chi connectivity index (χ0n) is 12.3. The average Bonchev–Trinajstić information content (AvgIpc) is 2.43. The van der Waals surface area contributed by atoms with Crippen LogP contribution in [0.25, 0.3) is 11.0 Å². The van der Waals surface area contributed by atoms with E-state index >= 15 is 0 Å². The summed E-state index contributed by atoms with van der Waals surface area (Å²) in [6, 6.07) is 5.84. The lowest BCUT2D eigenvalue weighted by molar-refractivity contribution is 0.385. The molecule has 0 aliphatic carbocycles. The molecule has 0 unspecified atom stereocenters. The van der Waals surface area contributed by atoms with Gasteiger partial charge in [-0.1, -0.05) is 13.8 Å². The highest BCUT2D eigenvalue weighted by Crippen LogP contribution is 2.23. The Bertz CT molecular complexity index is 772. The van der Waals surface area contributed by atoms with Gasteiger partial charge in [-0.25, -0.2) is 18.4 Å². The fourth-order valence-electron chi connectivity index (χ4n) is 2.70. The molecule has 0 atom stereocenters. The van der Waals surface area contributed by atoms with Gasteiger partial charge in [-0.3, -0.25) is 0 Å². The number of rotatable bonds is 3. The quantitative estimate of drug-likeness (QED) is 0.870. The van der Waals surface area contributed by atoms with Gasteiger partial charge in [-0.2, -0.15) is 4.31 Å². The predicted molar refractivity (Wildman–Crippen MR) is 82.3 cm³/mol. The number of fused-ring (bicyclic) bond motifs is 2. The van der Waals surface area contributed by atoms with E-state index in [1.807, 2.05) is 32.0 Å². The van der Waals surface area contributed by atoms with Crippen LogP contribution in [0.5, 0.6) is 0 Å². The van der Waals surface area contributed by atoms with Gasteiger partial charge in [0.05, 0.1) is 5.75 Å². The first-order valence-electron chi connectivity index (χ1n) is 7.17. The van der Waals surface area contributed by atoms with Gasteiger partial charge in [0, 0.05) is 36.8 Å². The summed E-state index contributed by atoms with van der Waals surface area (Å²) in [6.45, 7) is 4.78. The van der Waals surface area contributed by atoms with E-state index in [4.69, 9.17) is 0 Å². The summed E-state index contributed by atoms with van der Waals surface area (Å²) in [7, 11) is -3.19. The summed E-state index contributed by atoms with van der Waals surface area (Å²) in [4.78, 5) is 8.81. The molecule has 0 saturated heterocycles. The summed E-state index contributed by atoms with van der Waals surface area (Å²) in [5.41, 5.74) is 2.70. The molecule has 0 bridgehead atoms. The Kier molecular flexibility index (Phi) is 3.67. The van der Waals surface area contributed by atoms with E-state index in [-0.39, 0.29) is 11.7 Å². The van der Waals surface area contributed by atoms with E-state index < -0.39 is 10.0 Å². The smallest absolute Gasteiger partial charge is 0.214 e. The molecule has 3 heterocycles. The minimum absolute atomic E-state index is 0.135. The maximum Gasteiger partial charge on any atom is 0.214 e. The largest absolute Gasteiger partial charge is 0.237 e. The van der Waals surface area contributed by atoms with Crippen molar-refractivity contribution in [2.45, 2.75) is 26.8 Å². The summed E-state index contributed by atoms with van der Waals surface area (Å²) in [6.07, 6.45) is 2.38.